The van der Waals surface area contributed by atoms with Crippen LogP contribution < -0.4 is 0 Å². The molecular weight excluding hydrogens is 140 g/mol. The summed E-state index contributed by atoms with van der Waals surface area (Å²) in [7, 11) is 0. The van der Waals surface area contributed by atoms with E-state index in [1.54, 1.807) is 6.08 Å². The zero-order valence-electron chi connectivity index (χ0n) is 6.62. The summed E-state index contributed by atoms with van der Waals surface area (Å²) in [5, 5.41) is 9.76. The molecule has 1 aliphatic rings. The van der Waals surface area contributed by atoms with Crippen LogP contribution >= 0.6 is 0 Å². The van der Waals surface area contributed by atoms with Crippen LogP contribution in [0.3, 0.4) is 0 Å². The van der Waals surface area contributed by atoms with Crippen LogP contribution in [-0.4, -0.2) is 17.0 Å². The van der Waals surface area contributed by atoms with Gasteiger partial charge in [-0.25, -0.2) is 0 Å². The molecule has 0 radical (unpaired) electrons. The highest BCUT2D eigenvalue weighted by molar-refractivity contribution is 5.65. The number of aldehydes is 1. The number of hydrogen-bond acceptors (Lipinski definition) is 2. The number of carbonyl (C=O) groups is 1. The first kappa shape index (κ1) is 8.47. The van der Waals surface area contributed by atoms with Gasteiger partial charge < -0.3 is 5.11 Å². The lowest BCUT2D eigenvalue weighted by atomic mass is 9.85. The molecule has 1 saturated carbocycles. The van der Waals surface area contributed by atoms with Crippen LogP contribution in [0.15, 0.2) is 12.2 Å². The fraction of sp³-hybridized carbons (Fsp3) is 0.667. The molecule has 0 aromatic rings. The molecule has 1 fully saturated rings. The Hall–Kier alpha value is -0.630. The topological polar surface area (TPSA) is 37.3 Å². The molecule has 0 bridgehead atoms. The Labute approximate surface area is 66.9 Å². The third kappa shape index (κ3) is 2.46. The van der Waals surface area contributed by atoms with E-state index in [1.807, 2.05) is 0 Å². The van der Waals surface area contributed by atoms with Crippen molar-refractivity contribution in [2.45, 2.75) is 37.7 Å². The number of aliphatic hydroxyl groups is 1. The van der Waals surface area contributed by atoms with Gasteiger partial charge in [0.25, 0.3) is 0 Å². The standard InChI is InChI=1S/C9H14O2/c10-8-4-7-9(11)5-2-1-3-6-9/h4,7-8,11H,1-3,5-6H2/b7-4+. The van der Waals surface area contributed by atoms with Crippen LogP contribution in [0.25, 0.3) is 0 Å². The summed E-state index contributed by atoms with van der Waals surface area (Å²) in [6.07, 6.45) is 8.68. The largest absolute Gasteiger partial charge is 0.386 e. The zero-order chi connectivity index (χ0) is 8.16. The van der Waals surface area contributed by atoms with E-state index in [4.69, 9.17) is 0 Å². The first-order valence-electron chi connectivity index (χ1n) is 4.12. The molecule has 0 atom stereocenters. The van der Waals surface area contributed by atoms with Gasteiger partial charge >= 0.3 is 0 Å². The molecule has 0 amide bonds. The Balaban J connectivity index is 2.49. The molecule has 0 spiro atoms. The second-order valence-corrected chi connectivity index (χ2v) is 3.16. The van der Waals surface area contributed by atoms with Crippen LogP contribution in [0.2, 0.25) is 0 Å². The summed E-state index contributed by atoms with van der Waals surface area (Å²) >= 11 is 0. The molecular formula is C9H14O2. The molecule has 1 N–H and O–H groups in total. The lowest BCUT2D eigenvalue weighted by Crippen LogP contribution is -2.28. The van der Waals surface area contributed by atoms with Crippen molar-refractivity contribution in [3.8, 4) is 0 Å². The number of carbonyl (C=O) groups excluding carboxylic acids is 1. The van der Waals surface area contributed by atoms with E-state index >= 15 is 0 Å². The number of rotatable bonds is 2. The minimum absolute atomic E-state index is 0.681. The van der Waals surface area contributed by atoms with Crippen molar-refractivity contribution in [1.82, 2.24) is 0 Å². The second-order valence-electron chi connectivity index (χ2n) is 3.16. The van der Waals surface area contributed by atoms with E-state index < -0.39 is 5.60 Å². The molecule has 0 unspecified atom stereocenters. The maximum absolute atomic E-state index is 9.99. The van der Waals surface area contributed by atoms with Crippen LogP contribution in [0, 0.1) is 0 Å². The first-order valence-corrected chi connectivity index (χ1v) is 4.12. The Kier molecular flexibility index (Phi) is 2.83. The average molecular weight is 154 g/mol. The van der Waals surface area contributed by atoms with Gasteiger partial charge in [-0.1, -0.05) is 19.3 Å². The van der Waals surface area contributed by atoms with Crippen molar-refractivity contribution in [2.75, 3.05) is 0 Å². The van der Waals surface area contributed by atoms with Gasteiger partial charge in [0.05, 0.1) is 5.60 Å². The minimum Gasteiger partial charge on any atom is -0.386 e. The van der Waals surface area contributed by atoms with Gasteiger partial charge in [0.15, 0.2) is 0 Å². The molecule has 0 heterocycles. The summed E-state index contributed by atoms with van der Waals surface area (Å²) in [6, 6.07) is 0. The Bertz CT molecular complexity index is 155. The minimum atomic E-state index is -0.681. The van der Waals surface area contributed by atoms with E-state index in [0.29, 0.717) is 6.29 Å². The molecule has 62 valence electrons. The van der Waals surface area contributed by atoms with Crippen LogP contribution in [0.1, 0.15) is 32.1 Å². The lowest BCUT2D eigenvalue weighted by Gasteiger charge is -2.28. The Morgan fingerprint density at radius 1 is 1.18 bits per heavy atom. The van der Waals surface area contributed by atoms with E-state index in [1.165, 1.54) is 12.5 Å². The molecule has 1 rings (SSSR count). The Morgan fingerprint density at radius 3 is 2.36 bits per heavy atom. The van der Waals surface area contributed by atoms with Crippen LogP contribution in [0.4, 0.5) is 0 Å². The average Bonchev–Trinajstić information content (AvgIpc) is 2.03. The smallest absolute Gasteiger partial charge is 0.142 e. The maximum Gasteiger partial charge on any atom is 0.142 e. The van der Waals surface area contributed by atoms with Gasteiger partial charge in [-0.3, -0.25) is 4.79 Å². The summed E-state index contributed by atoms with van der Waals surface area (Å²) in [6.45, 7) is 0. The van der Waals surface area contributed by atoms with E-state index in [-0.39, 0.29) is 0 Å². The molecule has 0 aliphatic heterocycles. The molecule has 2 heteroatoms. The lowest BCUT2D eigenvalue weighted by molar-refractivity contribution is -0.104. The maximum atomic E-state index is 9.99. The summed E-state index contributed by atoms with van der Waals surface area (Å²) < 4.78 is 0. The van der Waals surface area contributed by atoms with Crippen molar-refractivity contribution >= 4 is 6.29 Å². The van der Waals surface area contributed by atoms with Gasteiger partial charge in [0.2, 0.25) is 0 Å². The van der Waals surface area contributed by atoms with Crippen molar-refractivity contribution in [3.05, 3.63) is 12.2 Å². The molecule has 0 aromatic heterocycles. The van der Waals surface area contributed by atoms with Gasteiger partial charge in [-0.2, -0.15) is 0 Å². The van der Waals surface area contributed by atoms with Crippen molar-refractivity contribution in [2.24, 2.45) is 0 Å². The predicted octanol–water partition coefficient (Wildman–Crippen LogP) is 1.44. The second kappa shape index (κ2) is 3.67. The molecule has 11 heavy (non-hydrogen) atoms. The first-order chi connectivity index (χ1) is 5.27. The van der Waals surface area contributed by atoms with E-state index in [9.17, 15) is 9.90 Å². The van der Waals surface area contributed by atoms with E-state index in [0.717, 1.165) is 25.7 Å². The third-order valence-electron chi connectivity index (χ3n) is 2.20. The summed E-state index contributed by atoms with van der Waals surface area (Å²) in [5.74, 6) is 0. The summed E-state index contributed by atoms with van der Waals surface area (Å²) in [5.41, 5.74) is -0.681. The monoisotopic (exact) mass is 154 g/mol. The summed E-state index contributed by atoms with van der Waals surface area (Å²) in [4.78, 5) is 9.99. The third-order valence-corrected chi connectivity index (χ3v) is 2.20. The predicted molar refractivity (Wildman–Crippen MR) is 43.2 cm³/mol. The van der Waals surface area contributed by atoms with Gasteiger partial charge in [0.1, 0.15) is 6.29 Å². The zero-order valence-corrected chi connectivity index (χ0v) is 6.62. The highest BCUT2D eigenvalue weighted by Crippen LogP contribution is 2.28. The molecule has 0 aromatic carbocycles. The molecule has 0 saturated heterocycles. The van der Waals surface area contributed by atoms with Crippen molar-refractivity contribution in [3.63, 3.8) is 0 Å². The van der Waals surface area contributed by atoms with Crippen molar-refractivity contribution in [1.29, 1.82) is 0 Å². The van der Waals surface area contributed by atoms with Gasteiger partial charge in [0, 0.05) is 0 Å². The number of hydrogen-bond donors (Lipinski definition) is 1. The molecule has 1 aliphatic carbocycles. The van der Waals surface area contributed by atoms with Gasteiger partial charge in [-0.15, -0.1) is 0 Å². The highest BCUT2D eigenvalue weighted by atomic mass is 16.3. The van der Waals surface area contributed by atoms with Gasteiger partial charge in [-0.05, 0) is 25.0 Å². The van der Waals surface area contributed by atoms with Crippen LogP contribution in [-0.2, 0) is 4.79 Å². The quantitative estimate of drug-likeness (QED) is 0.482. The SMILES string of the molecule is O=C/C=C/C1(O)CCCCC1. The fourth-order valence-electron chi connectivity index (χ4n) is 1.55. The molecule has 2 nitrogen and oxygen atoms in total. The highest BCUT2D eigenvalue weighted by Gasteiger charge is 2.25. The normalized spacial score (nSPS) is 23.7. The number of allylic oxidation sites excluding steroid dienone is 1. The van der Waals surface area contributed by atoms with Crippen molar-refractivity contribution < 1.29 is 9.90 Å². The fourth-order valence-corrected chi connectivity index (χ4v) is 1.55. The van der Waals surface area contributed by atoms with Crippen LogP contribution in [0.5, 0.6) is 0 Å². The Morgan fingerprint density at radius 2 is 1.82 bits per heavy atom. The van der Waals surface area contributed by atoms with E-state index in [2.05, 4.69) is 0 Å².